The summed E-state index contributed by atoms with van der Waals surface area (Å²) in [7, 11) is 3.86. The molecule has 1 aliphatic heterocycles. The van der Waals surface area contributed by atoms with Gasteiger partial charge < -0.3 is 24.4 Å². The molecule has 0 aromatic carbocycles. The van der Waals surface area contributed by atoms with E-state index in [2.05, 4.69) is 17.3 Å². The molecular formula is C13H28N2O3. The number of hydrogen-bond donors (Lipinski definition) is 1. The summed E-state index contributed by atoms with van der Waals surface area (Å²) in [6.07, 6.45) is 2.49. The van der Waals surface area contributed by atoms with Crippen LogP contribution in [0.4, 0.5) is 0 Å². The van der Waals surface area contributed by atoms with E-state index >= 15 is 0 Å². The minimum absolute atomic E-state index is 0.647. The van der Waals surface area contributed by atoms with Crippen LogP contribution in [0.15, 0.2) is 0 Å². The highest BCUT2D eigenvalue weighted by atomic mass is 16.5. The third-order valence-corrected chi connectivity index (χ3v) is 3.20. The van der Waals surface area contributed by atoms with Gasteiger partial charge in [-0.15, -0.1) is 0 Å². The van der Waals surface area contributed by atoms with Crippen LogP contribution in [0, 0.1) is 0 Å². The summed E-state index contributed by atoms with van der Waals surface area (Å²) in [4.78, 5) is 2.38. The van der Waals surface area contributed by atoms with Gasteiger partial charge in [0.05, 0.1) is 33.0 Å². The van der Waals surface area contributed by atoms with E-state index in [1.165, 1.54) is 25.9 Å². The molecule has 0 saturated carbocycles. The predicted molar refractivity (Wildman–Crippen MR) is 72.0 cm³/mol. The van der Waals surface area contributed by atoms with E-state index in [-0.39, 0.29) is 0 Å². The molecular weight excluding hydrogens is 232 g/mol. The van der Waals surface area contributed by atoms with Crippen molar-refractivity contribution >= 4 is 0 Å². The largest absolute Gasteiger partial charge is 0.382 e. The highest BCUT2D eigenvalue weighted by molar-refractivity contribution is 4.74. The zero-order chi connectivity index (χ0) is 13.1. The van der Waals surface area contributed by atoms with Gasteiger partial charge in [-0.2, -0.15) is 0 Å². The van der Waals surface area contributed by atoms with E-state index in [4.69, 9.17) is 14.2 Å². The molecule has 1 aliphatic rings. The van der Waals surface area contributed by atoms with Crippen molar-refractivity contribution in [2.24, 2.45) is 0 Å². The maximum Gasteiger partial charge on any atom is 0.0701 e. The molecule has 0 atom stereocenters. The first-order valence-electron chi connectivity index (χ1n) is 6.89. The molecule has 1 fully saturated rings. The molecule has 108 valence electrons. The molecule has 0 aromatic rings. The molecule has 1 N–H and O–H groups in total. The number of nitrogens with zero attached hydrogens (tertiary/aromatic N) is 1. The second-order valence-corrected chi connectivity index (χ2v) is 4.75. The number of ether oxygens (including phenoxy) is 3. The first kappa shape index (κ1) is 15.9. The fourth-order valence-electron chi connectivity index (χ4n) is 2.01. The molecule has 0 bridgehead atoms. The molecule has 1 rings (SSSR count). The number of methoxy groups -OCH3 is 1. The average Bonchev–Trinajstić information content (AvgIpc) is 2.39. The Kier molecular flexibility index (Phi) is 9.42. The van der Waals surface area contributed by atoms with E-state index in [1.54, 1.807) is 7.11 Å². The Morgan fingerprint density at radius 3 is 2.28 bits per heavy atom. The Bertz CT molecular complexity index is 185. The van der Waals surface area contributed by atoms with Crippen molar-refractivity contribution in [3.63, 3.8) is 0 Å². The van der Waals surface area contributed by atoms with Crippen LogP contribution in [0.2, 0.25) is 0 Å². The minimum atomic E-state index is 0.647. The normalized spacial score (nSPS) is 18.3. The number of hydrogen-bond acceptors (Lipinski definition) is 5. The SMILES string of the molecule is COCCOCCOCCNC1CCN(C)CC1. The van der Waals surface area contributed by atoms with E-state index in [1.807, 2.05) is 0 Å². The highest BCUT2D eigenvalue weighted by Crippen LogP contribution is 2.07. The molecule has 5 nitrogen and oxygen atoms in total. The number of likely N-dealkylation sites (tertiary alicyclic amines) is 1. The third kappa shape index (κ3) is 8.00. The first-order valence-corrected chi connectivity index (χ1v) is 6.89. The zero-order valence-corrected chi connectivity index (χ0v) is 11.8. The summed E-state index contributed by atoms with van der Waals surface area (Å²) in [5.74, 6) is 0. The zero-order valence-electron chi connectivity index (χ0n) is 11.8. The fourth-order valence-corrected chi connectivity index (χ4v) is 2.01. The third-order valence-electron chi connectivity index (χ3n) is 3.20. The molecule has 0 amide bonds. The predicted octanol–water partition coefficient (Wildman–Crippen LogP) is 0.350. The fraction of sp³-hybridized carbons (Fsp3) is 1.00. The standard InChI is InChI=1S/C13H28N2O3/c1-15-6-3-13(4-7-15)14-5-8-17-11-12-18-10-9-16-2/h13-14H,3-12H2,1-2H3. The van der Waals surface area contributed by atoms with Gasteiger partial charge in [0.25, 0.3) is 0 Å². The molecule has 0 aliphatic carbocycles. The van der Waals surface area contributed by atoms with Crippen molar-refractivity contribution in [3.8, 4) is 0 Å². The molecule has 18 heavy (non-hydrogen) atoms. The van der Waals surface area contributed by atoms with Crippen molar-refractivity contribution in [1.82, 2.24) is 10.2 Å². The van der Waals surface area contributed by atoms with E-state index in [0.29, 0.717) is 32.5 Å². The van der Waals surface area contributed by atoms with Gasteiger partial charge in [-0.3, -0.25) is 0 Å². The van der Waals surface area contributed by atoms with Gasteiger partial charge in [0, 0.05) is 19.7 Å². The number of piperidine rings is 1. The van der Waals surface area contributed by atoms with Crippen LogP contribution >= 0.6 is 0 Å². The topological polar surface area (TPSA) is 43.0 Å². The van der Waals surface area contributed by atoms with Gasteiger partial charge in [0.1, 0.15) is 0 Å². The first-order chi connectivity index (χ1) is 8.83. The summed E-state index contributed by atoms with van der Waals surface area (Å²) < 4.78 is 15.7. The molecule has 0 aromatic heterocycles. The van der Waals surface area contributed by atoms with Crippen LogP contribution in [0.5, 0.6) is 0 Å². The highest BCUT2D eigenvalue weighted by Gasteiger charge is 2.15. The summed E-state index contributed by atoms with van der Waals surface area (Å²) in [6, 6.07) is 0.669. The Balaban J connectivity index is 1.78. The molecule has 1 heterocycles. The van der Waals surface area contributed by atoms with E-state index < -0.39 is 0 Å². The summed E-state index contributed by atoms with van der Waals surface area (Å²) in [6.45, 7) is 6.71. The monoisotopic (exact) mass is 260 g/mol. The lowest BCUT2D eigenvalue weighted by molar-refractivity contribution is 0.0249. The summed E-state index contributed by atoms with van der Waals surface area (Å²) in [5.41, 5.74) is 0. The average molecular weight is 260 g/mol. The quantitative estimate of drug-likeness (QED) is 0.574. The van der Waals surface area contributed by atoms with Gasteiger partial charge in [-0.1, -0.05) is 0 Å². The Labute approximate surface area is 111 Å². The number of nitrogens with one attached hydrogen (secondary N) is 1. The van der Waals surface area contributed by atoms with Crippen molar-refractivity contribution in [3.05, 3.63) is 0 Å². The Hall–Kier alpha value is -0.200. The Morgan fingerprint density at radius 2 is 1.61 bits per heavy atom. The smallest absolute Gasteiger partial charge is 0.0701 e. The van der Waals surface area contributed by atoms with Crippen LogP contribution in [0.1, 0.15) is 12.8 Å². The second kappa shape index (κ2) is 10.7. The van der Waals surface area contributed by atoms with Gasteiger partial charge in [-0.25, -0.2) is 0 Å². The van der Waals surface area contributed by atoms with E-state index in [9.17, 15) is 0 Å². The molecule has 0 radical (unpaired) electrons. The van der Waals surface area contributed by atoms with Gasteiger partial charge in [-0.05, 0) is 33.0 Å². The minimum Gasteiger partial charge on any atom is -0.382 e. The van der Waals surface area contributed by atoms with Crippen LogP contribution in [0.25, 0.3) is 0 Å². The molecule has 0 unspecified atom stereocenters. The van der Waals surface area contributed by atoms with Gasteiger partial charge >= 0.3 is 0 Å². The summed E-state index contributed by atoms with van der Waals surface area (Å²) >= 11 is 0. The lowest BCUT2D eigenvalue weighted by Gasteiger charge is -2.29. The van der Waals surface area contributed by atoms with Gasteiger partial charge in [0.15, 0.2) is 0 Å². The number of rotatable bonds is 10. The van der Waals surface area contributed by atoms with E-state index in [0.717, 1.165) is 13.2 Å². The van der Waals surface area contributed by atoms with Crippen molar-refractivity contribution in [1.29, 1.82) is 0 Å². The maximum atomic E-state index is 5.49. The van der Waals surface area contributed by atoms with Crippen LogP contribution in [-0.4, -0.2) is 77.8 Å². The molecule has 0 spiro atoms. The van der Waals surface area contributed by atoms with Crippen LogP contribution < -0.4 is 5.32 Å². The van der Waals surface area contributed by atoms with Crippen LogP contribution in [0.3, 0.4) is 0 Å². The molecule has 1 saturated heterocycles. The maximum absolute atomic E-state index is 5.49. The second-order valence-electron chi connectivity index (χ2n) is 4.75. The lowest BCUT2D eigenvalue weighted by Crippen LogP contribution is -2.41. The lowest BCUT2D eigenvalue weighted by atomic mass is 10.1. The van der Waals surface area contributed by atoms with Crippen molar-refractivity contribution in [2.45, 2.75) is 18.9 Å². The Morgan fingerprint density at radius 1 is 1.00 bits per heavy atom. The molecule has 5 heteroatoms. The summed E-state index contributed by atoms with van der Waals surface area (Å²) in [5, 5.41) is 3.54. The van der Waals surface area contributed by atoms with Crippen LogP contribution in [-0.2, 0) is 14.2 Å². The van der Waals surface area contributed by atoms with Crippen molar-refractivity contribution < 1.29 is 14.2 Å². The van der Waals surface area contributed by atoms with Gasteiger partial charge in [0.2, 0.25) is 0 Å². The van der Waals surface area contributed by atoms with Crippen molar-refractivity contribution in [2.75, 3.05) is 66.8 Å².